The van der Waals surface area contributed by atoms with Crippen molar-refractivity contribution >= 4 is 17.6 Å². The molecule has 120 valence electrons. The number of rotatable bonds is 6. The summed E-state index contributed by atoms with van der Waals surface area (Å²) in [6.07, 6.45) is 3.04. The number of benzene rings is 1. The topological polar surface area (TPSA) is 82.9 Å². The van der Waals surface area contributed by atoms with E-state index in [-0.39, 0.29) is 12.3 Å². The van der Waals surface area contributed by atoms with Crippen LogP contribution in [0.3, 0.4) is 0 Å². The van der Waals surface area contributed by atoms with E-state index in [1.807, 2.05) is 0 Å². The van der Waals surface area contributed by atoms with Gasteiger partial charge in [0.1, 0.15) is 11.8 Å². The summed E-state index contributed by atoms with van der Waals surface area (Å²) in [6, 6.07) is 6.19. The molecule has 1 heterocycles. The van der Waals surface area contributed by atoms with E-state index in [1.165, 1.54) is 0 Å². The Morgan fingerprint density at radius 2 is 2.05 bits per heavy atom. The Morgan fingerprint density at radius 1 is 1.32 bits per heavy atom. The van der Waals surface area contributed by atoms with E-state index in [1.54, 1.807) is 31.4 Å². The van der Waals surface area contributed by atoms with Gasteiger partial charge in [0.05, 0.1) is 32.6 Å². The van der Waals surface area contributed by atoms with Crippen LogP contribution < -0.4 is 20.1 Å². The van der Waals surface area contributed by atoms with Gasteiger partial charge in [-0.2, -0.15) is 0 Å². The molecule has 6 nitrogen and oxygen atoms in total. The number of nitrogens with one attached hydrogen (secondary N) is 2. The molecule has 1 aromatic carbocycles. The summed E-state index contributed by atoms with van der Waals surface area (Å²) in [5.74, 6) is -0.839. The van der Waals surface area contributed by atoms with E-state index in [0.29, 0.717) is 11.4 Å². The molecule has 0 saturated carbocycles. The van der Waals surface area contributed by atoms with E-state index in [4.69, 9.17) is 4.74 Å². The number of quaternary nitrogens is 1. The molecule has 1 aliphatic rings. The molecule has 1 amide bonds. The normalized spacial score (nSPS) is 16.8. The van der Waals surface area contributed by atoms with Crippen molar-refractivity contribution in [2.24, 2.45) is 0 Å². The summed E-state index contributed by atoms with van der Waals surface area (Å²) >= 11 is 0. The third kappa shape index (κ3) is 4.46. The molecule has 0 radical (unpaired) electrons. The first-order chi connectivity index (χ1) is 10.6. The number of carboxylic acid groups (broad SMARTS) is 1. The zero-order valence-corrected chi connectivity index (χ0v) is 12.8. The number of anilines is 1. The van der Waals surface area contributed by atoms with Crippen LogP contribution in [-0.4, -0.2) is 38.1 Å². The van der Waals surface area contributed by atoms with Crippen LogP contribution in [-0.2, 0) is 9.59 Å². The van der Waals surface area contributed by atoms with Gasteiger partial charge in [0.25, 0.3) is 0 Å². The van der Waals surface area contributed by atoms with E-state index in [2.05, 4.69) is 5.32 Å². The predicted octanol–water partition coefficient (Wildman–Crippen LogP) is -0.789. The summed E-state index contributed by atoms with van der Waals surface area (Å²) in [5, 5.41) is 14.1. The van der Waals surface area contributed by atoms with Gasteiger partial charge in [0.15, 0.2) is 0 Å². The molecule has 1 fully saturated rings. The minimum Gasteiger partial charge on any atom is -0.544 e. The van der Waals surface area contributed by atoms with Crippen molar-refractivity contribution in [1.29, 1.82) is 0 Å². The Hall–Kier alpha value is -2.08. The Bertz CT molecular complexity index is 527. The van der Waals surface area contributed by atoms with Crippen molar-refractivity contribution in [3.63, 3.8) is 0 Å². The standard InChI is InChI=1S/C16H22N2O4/c1-22-13-7-5-6-12(10-13)17-15(19)11-14(16(20)21)18-8-3-2-4-9-18/h5-7,10,14H,2-4,8-9,11H2,1H3,(H,17,19)(H,20,21)/t14-/m0/s1. The van der Waals surface area contributed by atoms with Gasteiger partial charge in [-0.1, -0.05) is 6.07 Å². The second-order valence-electron chi connectivity index (χ2n) is 5.57. The summed E-state index contributed by atoms with van der Waals surface area (Å²) in [7, 11) is 1.55. The van der Waals surface area contributed by atoms with Crippen LogP contribution in [0, 0.1) is 0 Å². The largest absolute Gasteiger partial charge is 0.544 e. The first-order valence-electron chi connectivity index (χ1n) is 7.59. The number of methoxy groups -OCH3 is 1. The van der Waals surface area contributed by atoms with E-state index >= 15 is 0 Å². The summed E-state index contributed by atoms with van der Waals surface area (Å²) in [6.45, 7) is 1.57. The molecule has 1 aromatic rings. The molecule has 1 saturated heterocycles. The fourth-order valence-corrected chi connectivity index (χ4v) is 2.85. The van der Waals surface area contributed by atoms with Crippen LogP contribution in [0.4, 0.5) is 5.69 Å². The molecular weight excluding hydrogens is 284 g/mol. The number of likely N-dealkylation sites (tertiary alicyclic amines) is 1. The van der Waals surface area contributed by atoms with Crippen molar-refractivity contribution in [3.8, 4) is 5.75 Å². The molecule has 0 aliphatic carbocycles. The maximum atomic E-state index is 12.1. The quantitative estimate of drug-likeness (QED) is 0.722. The number of ether oxygens (including phenoxy) is 1. The fraction of sp³-hybridized carbons (Fsp3) is 0.500. The minimum absolute atomic E-state index is 0.0745. The molecule has 0 spiro atoms. The van der Waals surface area contributed by atoms with Crippen molar-refractivity contribution < 1.29 is 24.3 Å². The molecule has 1 atom stereocenters. The third-order valence-corrected chi connectivity index (χ3v) is 4.02. The van der Waals surface area contributed by atoms with E-state index < -0.39 is 12.0 Å². The van der Waals surface area contributed by atoms with Crippen LogP contribution in [0.2, 0.25) is 0 Å². The summed E-state index contributed by atoms with van der Waals surface area (Å²) in [5.41, 5.74) is 0.593. The first kappa shape index (κ1) is 16.3. The molecule has 2 rings (SSSR count). The molecule has 1 aliphatic heterocycles. The highest BCUT2D eigenvalue weighted by molar-refractivity contribution is 5.93. The van der Waals surface area contributed by atoms with Gasteiger partial charge in [-0.05, 0) is 31.4 Å². The van der Waals surface area contributed by atoms with Crippen LogP contribution in [0.5, 0.6) is 5.75 Å². The van der Waals surface area contributed by atoms with Crippen LogP contribution >= 0.6 is 0 Å². The Kier molecular flexibility index (Phi) is 5.77. The number of hydrogen-bond acceptors (Lipinski definition) is 4. The lowest BCUT2D eigenvalue weighted by Crippen LogP contribution is -3.18. The highest BCUT2D eigenvalue weighted by Gasteiger charge is 2.27. The van der Waals surface area contributed by atoms with Gasteiger partial charge in [0.2, 0.25) is 5.91 Å². The molecule has 0 bridgehead atoms. The van der Waals surface area contributed by atoms with Crippen molar-refractivity contribution in [2.45, 2.75) is 31.7 Å². The average Bonchev–Trinajstić information content (AvgIpc) is 2.53. The molecule has 2 N–H and O–H groups in total. The van der Waals surface area contributed by atoms with Gasteiger partial charge in [0, 0.05) is 11.8 Å². The van der Waals surface area contributed by atoms with Crippen molar-refractivity contribution in [1.82, 2.24) is 0 Å². The lowest BCUT2D eigenvalue weighted by Gasteiger charge is -2.31. The summed E-state index contributed by atoms with van der Waals surface area (Å²) in [4.78, 5) is 24.4. The van der Waals surface area contributed by atoms with Gasteiger partial charge in [-0.15, -0.1) is 0 Å². The monoisotopic (exact) mass is 306 g/mol. The lowest BCUT2D eigenvalue weighted by molar-refractivity contribution is -0.922. The number of carbonyl (C=O) groups is 2. The second-order valence-corrected chi connectivity index (χ2v) is 5.57. The zero-order valence-electron chi connectivity index (χ0n) is 12.8. The van der Waals surface area contributed by atoms with E-state index in [0.717, 1.165) is 37.3 Å². The smallest absolute Gasteiger partial charge is 0.230 e. The number of piperidine rings is 1. The Labute approximate surface area is 130 Å². The maximum absolute atomic E-state index is 12.1. The number of carbonyl (C=O) groups excluding carboxylic acids is 2. The molecule has 0 aromatic heterocycles. The average molecular weight is 306 g/mol. The van der Waals surface area contributed by atoms with Crippen molar-refractivity contribution in [2.75, 3.05) is 25.5 Å². The number of aliphatic carboxylic acids is 1. The van der Waals surface area contributed by atoms with Gasteiger partial charge < -0.3 is 24.9 Å². The number of amides is 1. The minimum atomic E-state index is -1.15. The SMILES string of the molecule is COc1cccc(NC(=O)C[C@@H](C(=O)[O-])[NH+]2CCCCC2)c1. The Morgan fingerprint density at radius 3 is 2.68 bits per heavy atom. The molecule has 0 unspecified atom stereocenters. The Balaban J connectivity index is 1.96. The number of hydrogen-bond donors (Lipinski definition) is 2. The molecular formula is C16H22N2O4. The maximum Gasteiger partial charge on any atom is 0.230 e. The predicted molar refractivity (Wildman–Crippen MR) is 79.6 cm³/mol. The van der Waals surface area contributed by atoms with Crippen LogP contribution in [0.15, 0.2) is 24.3 Å². The fourth-order valence-electron chi connectivity index (χ4n) is 2.85. The first-order valence-corrected chi connectivity index (χ1v) is 7.59. The lowest BCUT2D eigenvalue weighted by atomic mass is 10.1. The molecule has 6 heteroatoms. The number of carboxylic acids is 1. The van der Waals surface area contributed by atoms with Crippen LogP contribution in [0.25, 0.3) is 0 Å². The zero-order chi connectivity index (χ0) is 15.9. The summed E-state index contributed by atoms with van der Waals surface area (Å²) < 4.78 is 5.09. The van der Waals surface area contributed by atoms with Gasteiger partial charge >= 0.3 is 0 Å². The highest BCUT2D eigenvalue weighted by atomic mass is 16.5. The van der Waals surface area contributed by atoms with Gasteiger partial charge in [-0.3, -0.25) is 4.79 Å². The van der Waals surface area contributed by atoms with Crippen LogP contribution in [0.1, 0.15) is 25.7 Å². The van der Waals surface area contributed by atoms with Gasteiger partial charge in [-0.25, -0.2) is 0 Å². The molecule has 22 heavy (non-hydrogen) atoms. The van der Waals surface area contributed by atoms with E-state index in [9.17, 15) is 14.7 Å². The second kappa shape index (κ2) is 7.79. The highest BCUT2D eigenvalue weighted by Crippen LogP contribution is 2.16. The van der Waals surface area contributed by atoms with Crippen molar-refractivity contribution in [3.05, 3.63) is 24.3 Å². The third-order valence-electron chi connectivity index (χ3n) is 4.02.